The SMILES string of the molecule is Cc1cc(-c2nc(-c3ccc(F)c(Br)c3)no2)c(N)s1. The van der Waals surface area contributed by atoms with Crippen molar-refractivity contribution in [3.8, 4) is 22.8 Å². The topological polar surface area (TPSA) is 64.9 Å². The first-order chi connectivity index (χ1) is 9.54. The van der Waals surface area contributed by atoms with E-state index in [-0.39, 0.29) is 5.82 Å². The van der Waals surface area contributed by atoms with Gasteiger partial charge in [0.1, 0.15) is 5.82 Å². The number of aromatic nitrogens is 2. The van der Waals surface area contributed by atoms with E-state index in [1.807, 2.05) is 13.0 Å². The third-order valence-corrected chi connectivity index (χ3v) is 4.21. The van der Waals surface area contributed by atoms with Gasteiger partial charge >= 0.3 is 0 Å². The van der Waals surface area contributed by atoms with Crippen LogP contribution in [-0.2, 0) is 0 Å². The Morgan fingerprint density at radius 3 is 2.80 bits per heavy atom. The molecule has 0 unspecified atom stereocenters. The van der Waals surface area contributed by atoms with Crippen LogP contribution in [0.3, 0.4) is 0 Å². The summed E-state index contributed by atoms with van der Waals surface area (Å²) in [6, 6.07) is 6.44. The summed E-state index contributed by atoms with van der Waals surface area (Å²) in [5.41, 5.74) is 7.29. The molecule has 0 radical (unpaired) electrons. The van der Waals surface area contributed by atoms with Gasteiger partial charge in [-0.1, -0.05) is 5.16 Å². The number of benzene rings is 1. The van der Waals surface area contributed by atoms with E-state index in [4.69, 9.17) is 10.3 Å². The molecule has 1 aromatic carbocycles. The summed E-state index contributed by atoms with van der Waals surface area (Å²) < 4.78 is 18.8. The van der Waals surface area contributed by atoms with Crippen molar-refractivity contribution in [2.75, 3.05) is 5.73 Å². The number of thiophene rings is 1. The molecule has 0 atom stereocenters. The molecule has 0 bridgehead atoms. The Morgan fingerprint density at radius 2 is 2.15 bits per heavy atom. The van der Waals surface area contributed by atoms with Crippen LogP contribution in [0.2, 0.25) is 0 Å². The molecule has 0 aliphatic rings. The lowest BCUT2D eigenvalue weighted by Gasteiger charge is -1.96. The van der Waals surface area contributed by atoms with Crippen LogP contribution in [0.25, 0.3) is 22.8 Å². The minimum atomic E-state index is -0.338. The molecule has 0 saturated heterocycles. The highest BCUT2D eigenvalue weighted by Gasteiger charge is 2.15. The van der Waals surface area contributed by atoms with Crippen molar-refractivity contribution < 1.29 is 8.91 Å². The number of nitrogens with zero attached hydrogens (tertiary/aromatic N) is 2. The van der Waals surface area contributed by atoms with Gasteiger partial charge < -0.3 is 10.3 Å². The fraction of sp³-hybridized carbons (Fsp3) is 0.0769. The molecule has 0 amide bonds. The van der Waals surface area contributed by atoms with E-state index in [2.05, 4.69) is 26.1 Å². The zero-order valence-corrected chi connectivity index (χ0v) is 12.8. The number of anilines is 1. The van der Waals surface area contributed by atoms with E-state index in [1.165, 1.54) is 17.4 Å². The van der Waals surface area contributed by atoms with E-state index in [0.717, 1.165) is 10.4 Å². The second-order valence-electron chi connectivity index (χ2n) is 4.19. The van der Waals surface area contributed by atoms with Crippen molar-refractivity contribution in [2.45, 2.75) is 6.92 Å². The van der Waals surface area contributed by atoms with Crippen LogP contribution < -0.4 is 5.73 Å². The van der Waals surface area contributed by atoms with Crippen molar-refractivity contribution in [1.29, 1.82) is 0 Å². The fourth-order valence-corrected chi connectivity index (χ4v) is 2.94. The van der Waals surface area contributed by atoms with Crippen LogP contribution in [0, 0.1) is 12.7 Å². The summed E-state index contributed by atoms with van der Waals surface area (Å²) in [4.78, 5) is 5.37. The summed E-state index contributed by atoms with van der Waals surface area (Å²) in [6.45, 7) is 1.96. The van der Waals surface area contributed by atoms with Crippen molar-refractivity contribution in [1.82, 2.24) is 10.1 Å². The van der Waals surface area contributed by atoms with E-state index >= 15 is 0 Å². The summed E-state index contributed by atoms with van der Waals surface area (Å²) in [5, 5.41) is 4.54. The quantitative estimate of drug-likeness (QED) is 0.747. The third-order valence-electron chi connectivity index (χ3n) is 2.72. The van der Waals surface area contributed by atoms with Gasteiger partial charge in [-0.15, -0.1) is 11.3 Å². The van der Waals surface area contributed by atoms with Crippen molar-refractivity contribution in [3.05, 3.63) is 39.4 Å². The first-order valence-electron chi connectivity index (χ1n) is 5.70. The zero-order valence-electron chi connectivity index (χ0n) is 10.4. The number of hydrogen-bond acceptors (Lipinski definition) is 5. The highest BCUT2D eigenvalue weighted by Crippen LogP contribution is 2.33. The summed E-state index contributed by atoms with van der Waals surface area (Å²) in [6.07, 6.45) is 0. The van der Waals surface area contributed by atoms with Crippen molar-refractivity contribution in [3.63, 3.8) is 0 Å². The number of rotatable bonds is 2. The fourth-order valence-electron chi connectivity index (χ4n) is 1.78. The van der Waals surface area contributed by atoms with E-state index < -0.39 is 0 Å². The van der Waals surface area contributed by atoms with Crippen LogP contribution in [-0.4, -0.2) is 10.1 Å². The number of hydrogen-bond donors (Lipinski definition) is 1. The lowest BCUT2D eigenvalue weighted by Crippen LogP contribution is -1.85. The summed E-state index contributed by atoms with van der Waals surface area (Å²) in [5.74, 6) is 0.418. The van der Waals surface area contributed by atoms with Crippen LogP contribution in [0.1, 0.15) is 4.88 Å². The maximum absolute atomic E-state index is 13.2. The molecule has 2 heterocycles. The molecule has 20 heavy (non-hydrogen) atoms. The molecule has 3 aromatic rings. The first kappa shape index (κ1) is 13.3. The van der Waals surface area contributed by atoms with Gasteiger partial charge in [0, 0.05) is 10.4 Å². The third kappa shape index (κ3) is 2.34. The molecule has 2 aromatic heterocycles. The molecule has 4 nitrogen and oxygen atoms in total. The largest absolute Gasteiger partial charge is 0.390 e. The second kappa shape index (κ2) is 4.99. The van der Waals surface area contributed by atoms with Gasteiger partial charge in [-0.3, -0.25) is 0 Å². The predicted octanol–water partition coefficient (Wildman–Crippen LogP) is 4.26. The number of nitrogens with two attached hydrogens (primary N) is 1. The molecule has 0 fully saturated rings. The lowest BCUT2D eigenvalue weighted by atomic mass is 10.2. The smallest absolute Gasteiger partial charge is 0.261 e. The predicted molar refractivity (Wildman–Crippen MR) is 79.9 cm³/mol. The summed E-state index contributed by atoms with van der Waals surface area (Å²) in [7, 11) is 0. The lowest BCUT2D eigenvalue weighted by molar-refractivity contribution is 0.432. The standard InChI is InChI=1S/C13H9BrFN3OS/c1-6-4-8(11(16)20-6)13-17-12(18-19-13)7-2-3-10(15)9(14)5-7/h2-5H,16H2,1H3. The van der Waals surface area contributed by atoms with Crippen LogP contribution >= 0.6 is 27.3 Å². The number of aryl methyl sites for hydroxylation is 1. The maximum atomic E-state index is 13.2. The zero-order chi connectivity index (χ0) is 14.3. The minimum Gasteiger partial charge on any atom is -0.390 e. The molecule has 0 aliphatic carbocycles. The van der Waals surface area contributed by atoms with E-state index in [1.54, 1.807) is 12.1 Å². The average Bonchev–Trinajstić information content (AvgIpc) is 2.99. The molecule has 3 rings (SSSR count). The molecule has 7 heteroatoms. The van der Waals surface area contributed by atoms with E-state index in [0.29, 0.717) is 26.8 Å². The maximum Gasteiger partial charge on any atom is 0.261 e. The van der Waals surface area contributed by atoms with Gasteiger partial charge in [0.25, 0.3) is 5.89 Å². The first-order valence-corrected chi connectivity index (χ1v) is 7.31. The van der Waals surface area contributed by atoms with Gasteiger partial charge in [0.15, 0.2) is 0 Å². The van der Waals surface area contributed by atoms with Crippen LogP contribution in [0.15, 0.2) is 33.3 Å². The molecular weight excluding hydrogens is 345 g/mol. The highest BCUT2D eigenvalue weighted by molar-refractivity contribution is 9.10. The molecular formula is C13H9BrFN3OS. The molecule has 0 aliphatic heterocycles. The summed E-state index contributed by atoms with van der Waals surface area (Å²) >= 11 is 4.60. The van der Waals surface area contributed by atoms with Crippen LogP contribution in [0.4, 0.5) is 9.39 Å². The van der Waals surface area contributed by atoms with Gasteiger partial charge in [-0.2, -0.15) is 4.98 Å². The normalized spacial score (nSPS) is 10.9. The minimum absolute atomic E-state index is 0.338. The molecule has 0 saturated carbocycles. The van der Waals surface area contributed by atoms with Gasteiger partial charge in [0.05, 0.1) is 15.0 Å². The Balaban J connectivity index is 2.01. The van der Waals surface area contributed by atoms with Gasteiger partial charge in [-0.05, 0) is 47.1 Å². The Bertz CT molecular complexity index is 784. The molecule has 0 spiro atoms. The van der Waals surface area contributed by atoms with Crippen molar-refractivity contribution in [2.24, 2.45) is 0 Å². The Hall–Kier alpha value is -1.73. The molecule has 2 N–H and O–H groups in total. The van der Waals surface area contributed by atoms with Crippen molar-refractivity contribution >= 4 is 32.3 Å². The highest BCUT2D eigenvalue weighted by atomic mass is 79.9. The Kier molecular flexibility index (Phi) is 3.31. The monoisotopic (exact) mass is 353 g/mol. The Labute approximate surface area is 126 Å². The van der Waals surface area contributed by atoms with Gasteiger partial charge in [0.2, 0.25) is 5.82 Å². The second-order valence-corrected chi connectivity index (χ2v) is 6.33. The van der Waals surface area contributed by atoms with Crippen LogP contribution in [0.5, 0.6) is 0 Å². The number of halogens is 2. The van der Waals surface area contributed by atoms with Gasteiger partial charge in [-0.25, -0.2) is 4.39 Å². The average molecular weight is 354 g/mol. The number of nitrogen functional groups attached to an aromatic ring is 1. The molecule has 102 valence electrons. The van der Waals surface area contributed by atoms with E-state index in [9.17, 15) is 4.39 Å². The Morgan fingerprint density at radius 1 is 1.35 bits per heavy atom.